The zero-order valence-electron chi connectivity index (χ0n) is 11.6. The maximum Gasteiger partial charge on any atom is 0.270 e. The number of anilines is 1. The minimum atomic E-state index is -3.97. The Morgan fingerprint density at radius 1 is 1.29 bits per heavy atom. The van der Waals surface area contributed by atoms with Crippen LogP contribution in [0.15, 0.2) is 27.6 Å². The molecule has 0 spiro atoms. The normalized spacial score (nSPS) is 11.4. The molecule has 1 heterocycles. The van der Waals surface area contributed by atoms with Crippen molar-refractivity contribution in [2.24, 2.45) is 0 Å². The third-order valence-electron chi connectivity index (χ3n) is 2.94. The van der Waals surface area contributed by atoms with E-state index < -0.39 is 14.9 Å². The molecule has 1 aromatic heterocycles. The number of hydrogen-bond donors (Lipinski definition) is 1. The van der Waals surface area contributed by atoms with Crippen molar-refractivity contribution in [3.8, 4) is 0 Å². The van der Waals surface area contributed by atoms with Gasteiger partial charge < -0.3 is 4.52 Å². The number of nitrogens with zero attached hydrogens (tertiary/aromatic N) is 2. The van der Waals surface area contributed by atoms with Crippen LogP contribution in [0, 0.1) is 30.9 Å². The Balaban J connectivity index is 2.49. The molecule has 2 rings (SSSR count). The highest BCUT2D eigenvalue weighted by Gasteiger charge is 2.23. The van der Waals surface area contributed by atoms with E-state index in [9.17, 15) is 18.5 Å². The summed E-state index contributed by atoms with van der Waals surface area (Å²) in [7, 11) is -3.97. The molecule has 0 bridgehead atoms. The summed E-state index contributed by atoms with van der Waals surface area (Å²) in [5.41, 5.74) is 0.736. The van der Waals surface area contributed by atoms with Crippen LogP contribution in [0.4, 0.5) is 11.4 Å². The van der Waals surface area contributed by atoms with Crippen molar-refractivity contribution in [2.45, 2.75) is 25.7 Å². The molecule has 0 atom stereocenters. The Kier molecular flexibility index (Phi) is 3.69. The van der Waals surface area contributed by atoms with E-state index in [1.807, 2.05) is 0 Å². The van der Waals surface area contributed by atoms with Gasteiger partial charge in [0, 0.05) is 12.1 Å². The minimum absolute atomic E-state index is 0.156. The van der Waals surface area contributed by atoms with Gasteiger partial charge in [-0.25, -0.2) is 8.42 Å². The summed E-state index contributed by atoms with van der Waals surface area (Å²) >= 11 is 0. The van der Waals surface area contributed by atoms with Crippen molar-refractivity contribution in [3.05, 3.63) is 45.3 Å². The molecule has 2 aromatic rings. The van der Waals surface area contributed by atoms with E-state index in [1.54, 1.807) is 20.8 Å². The largest absolute Gasteiger partial charge is 0.359 e. The Labute approximate surface area is 121 Å². The van der Waals surface area contributed by atoms with Crippen LogP contribution in [0.1, 0.15) is 17.0 Å². The van der Waals surface area contributed by atoms with Crippen LogP contribution >= 0.6 is 0 Å². The molecule has 0 fully saturated rings. The fourth-order valence-electron chi connectivity index (χ4n) is 1.81. The highest BCUT2D eigenvalue weighted by atomic mass is 32.2. The topological polar surface area (TPSA) is 115 Å². The van der Waals surface area contributed by atoms with Crippen molar-refractivity contribution in [3.63, 3.8) is 0 Å². The summed E-state index contributed by atoms with van der Waals surface area (Å²) in [4.78, 5) is 9.98. The zero-order valence-corrected chi connectivity index (χ0v) is 12.4. The number of aryl methyl sites for hydroxylation is 3. The van der Waals surface area contributed by atoms with Crippen molar-refractivity contribution < 1.29 is 17.9 Å². The molecule has 0 aliphatic carbocycles. The van der Waals surface area contributed by atoms with Gasteiger partial charge in [0.25, 0.3) is 15.7 Å². The molecule has 9 heteroatoms. The highest BCUT2D eigenvalue weighted by molar-refractivity contribution is 7.92. The number of rotatable bonds is 4. The third-order valence-corrected chi connectivity index (χ3v) is 4.43. The van der Waals surface area contributed by atoms with Gasteiger partial charge in [-0.2, -0.15) is 0 Å². The standard InChI is InChI=1S/C12H13N3O5S/c1-7-4-5-10(15(16)17)6-11(7)21(18,19)14-12-8(2)13-20-9(12)3/h4-6,14H,1-3H3. The van der Waals surface area contributed by atoms with Gasteiger partial charge in [-0.3, -0.25) is 14.8 Å². The molecule has 1 N–H and O–H groups in total. The Bertz CT molecular complexity index is 791. The van der Waals surface area contributed by atoms with Crippen molar-refractivity contribution in [1.82, 2.24) is 5.16 Å². The molecular weight excluding hydrogens is 298 g/mol. The van der Waals surface area contributed by atoms with Gasteiger partial charge in [0.1, 0.15) is 11.4 Å². The van der Waals surface area contributed by atoms with Crippen molar-refractivity contribution in [2.75, 3.05) is 4.72 Å². The second-order valence-electron chi connectivity index (χ2n) is 4.51. The fourth-order valence-corrected chi connectivity index (χ4v) is 3.25. The van der Waals surface area contributed by atoms with Gasteiger partial charge in [0.05, 0.1) is 9.82 Å². The molecule has 112 valence electrons. The summed E-state index contributed by atoms with van der Waals surface area (Å²) < 4.78 is 32.0. The Morgan fingerprint density at radius 3 is 2.48 bits per heavy atom. The van der Waals surface area contributed by atoms with E-state index in [-0.39, 0.29) is 16.3 Å². The van der Waals surface area contributed by atoms with Gasteiger partial charge >= 0.3 is 0 Å². The van der Waals surface area contributed by atoms with Gasteiger partial charge in [-0.1, -0.05) is 11.2 Å². The molecule has 0 saturated carbocycles. The summed E-state index contributed by atoms with van der Waals surface area (Å²) in [6.45, 7) is 4.72. The number of nitro benzene ring substituents is 1. The maximum absolute atomic E-state index is 12.4. The lowest BCUT2D eigenvalue weighted by atomic mass is 10.2. The SMILES string of the molecule is Cc1ccc([N+](=O)[O-])cc1S(=O)(=O)Nc1c(C)noc1C. The number of sulfonamides is 1. The first kappa shape index (κ1) is 15.0. The second-order valence-corrected chi connectivity index (χ2v) is 6.16. The monoisotopic (exact) mass is 311 g/mol. The summed E-state index contributed by atoms with van der Waals surface area (Å²) in [6.07, 6.45) is 0. The van der Waals surface area contributed by atoms with Crippen molar-refractivity contribution >= 4 is 21.4 Å². The molecule has 1 aromatic carbocycles. The first-order chi connectivity index (χ1) is 9.72. The number of nitrogens with one attached hydrogen (secondary N) is 1. The lowest BCUT2D eigenvalue weighted by molar-refractivity contribution is -0.385. The van der Waals surface area contributed by atoms with E-state index in [0.29, 0.717) is 17.0 Å². The predicted molar refractivity (Wildman–Crippen MR) is 74.6 cm³/mol. The lowest BCUT2D eigenvalue weighted by Crippen LogP contribution is -2.15. The lowest BCUT2D eigenvalue weighted by Gasteiger charge is -2.09. The van der Waals surface area contributed by atoms with E-state index in [1.165, 1.54) is 12.1 Å². The third kappa shape index (κ3) is 2.87. The van der Waals surface area contributed by atoms with E-state index in [4.69, 9.17) is 4.52 Å². The van der Waals surface area contributed by atoms with Crippen LogP contribution in [0.3, 0.4) is 0 Å². The van der Waals surface area contributed by atoms with Gasteiger partial charge in [0.15, 0.2) is 5.76 Å². The molecule has 21 heavy (non-hydrogen) atoms. The number of aromatic nitrogens is 1. The molecule has 0 radical (unpaired) electrons. The molecule has 0 aliphatic heterocycles. The molecule has 0 saturated heterocycles. The van der Waals surface area contributed by atoms with Crippen LogP contribution in [-0.2, 0) is 10.0 Å². The number of nitro groups is 1. The van der Waals surface area contributed by atoms with Crippen molar-refractivity contribution in [1.29, 1.82) is 0 Å². The van der Waals surface area contributed by atoms with Crippen LogP contribution in [0.5, 0.6) is 0 Å². The van der Waals surface area contributed by atoms with E-state index >= 15 is 0 Å². The van der Waals surface area contributed by atoms with E-state index in [0.717, 1.165) is 6.07 Å². The average Bonchev–Trinajstić information content (AvgIpc) is 2.70. The Morgan fingerprint density at radius 2 is 1.95 bits per heavy atom. The number of hydrogen-bond acceptors (Lipinski definition) is 6. The molecule has 0 unspecified atom stereocenters. The summed E-state index contributed by atoms with van der Waals surface area (Å²) in [5.74, 6) is 0.319. The van der Waals surface area contributed by atoms with Gasteiger partial charge in [0.2, 0.25) is 0 Å². The smallest absolute Gasteiger partial charge is 0.270 e. The molecule has 8 nitrogen and oxygen atoms in total. The molecule has 0 aliphatic rings. The predicted octanol–water partition coefficient (Wildman–Crippen LogP) is 2.31. The summed E-state index contributed by atoms with van der Waals surface area (Å²) in [5, 5.41) is 14.4. The van der Waals surface area contributed by atoms with Crippen LogP contribution in [0.2, 0.25) is 0 Å². The molecular formula is C12H13N3O5S. The number of non-ortho nitro benzene ring substituents is 1. The number of benzene rings is 1. The first-order valence-corrected chi connectivity index (χ1v) is 7.41. The van der Waals surface area contributed by atoms with E-state index in [2.05, 4.69) is 9.88 Å². The summed E-state index contributed by atoms with van der Waals surface area (Å²) in [6, 6.07) is 3.67. The van der Waals surface area contributed by atoms with Gasteiger partial charge in [-0.05, 0) is 26.3 Å². The minimum Gasteiger partial charge on any atom is -0.359 e. The molecule has 0 amide bonds. The van der Waals surface area contributed by atoms with Gasteiger partial charge in [-0.15, -0.1) is 0 Å². The maximum atomic E-state index is 12.4. The fraction of sp³-hybridized carbons (Fsp3) is 0.250. The second kappa shape index (κ2) is 5.17. The Hall–Kier alpha value is -2.42. The zero-order chi connectivity index (χ0) is 15.8. The quantitative estimate of drug-likeness (QED) is 0.684. The van der Waals surface area contributed by atoms with Crippen LogP contribution in [0.25, 0.3) is 0 Å². The highest BCUT2D eigenvalue weighted by Crippen LogP contribution is 2.26. The first-order valence-electron chi connectivity index (χ1n) is 5.93. The van der Waals surface area contributed by atoms with Crippen LogP contribution < -0.4 is 4.72 Å². The van der Waals surface area contributed by atoms with Crippen LogP contribution in [-0.4, -0.2) is 18.5 Å². The average molecular weight is 311 g/mol.